The number of nitrogens with zero attached hydrogens (tertiary/aromatic N) is 1. The molecule has 0 bridgehead atoms. The molecule has 0 aromatic rings. The van der Waals surface area contributed by atoms with E-state index in [4.69, 9.17) is 4.74 Å². The lowest BCUT2D eigenvalue weighted by atomic mass is 9.99. The molecule has 1 N–H and O–H groups in total. The summed E-state index contributed by atoms with van der Waals surface area (Å²) in [5.41, 5.74) is -0.639. The molecule has 1 aliphatic heterocycles. The van der Waals surface area contributed by atoms with E-state index in [1.807, 2.05) is 0 Å². The normalized spacial score (nSPS) is 24.6. The highest BCUT2D eigenvalue weighted by molar-refractivity contribution is 5.82. The van der Waals surface area contributed by atoms with E-state index in [1.54, 1.807) is 20.8 Å². The van der Waals surface area contributed by atoms with E-state index in [0.29, 0.717) is 19.4 Å². The van der Waals surface area contributed by atoms with Crippen molar-refractivity contribution in [3.05, 3.63) is 0 Å². The molecule has 6 nitrogen and oxygen atoms in total. The number of hydrogen-bond donors (Lipinski definition) is 1. The van der Waals surface area contributed by atoms with E-state index in [0.717, 1.165) is 0 Å². The summed E-state index contributed by atoms with van der Waals surface area (Å²) >= 11 is 0. The van der Waals surface area contributed by atoms with Crippen molar-refractivity contribution in [1.29, 1.82) is 0 Å². The molecule has 104 valence electrons. The van der Waals surface area contributed by atoms with Crippen LogP contribution in [0.3, 0.4) is 0 Å². The molecule has 1 saturated heterocycles. The van der Waals surface area contributed by atoms with Gasteiger partial charge in [0.1, 0.15) is 5.60 Å². The predicted molar refractivity (Wildman–Crippen MR) is 64.0 cm³/mol. The molecule has 1 rings (SSSR count). The molecule has 1 amide bonds. The first-order valence-electron chi connectivity index (χ1n) is 6.02. The molecule has 1 aliphatic rings. The summed E-state index contributed by atoms with van der Waals surface area (Å²) in [6.07, 6.45) is -0.400. The third-order valence-electron chi connectivity index (χ3n) is 2.67. The molecular formula is C12H21NO5. The maximum atomic E-state index is 12.0. The number of aliphatic hydroxyl groups is 1. The highest BCUT2D eigenvalue weighted by Crippen LogP contribution is 2.21. The van der Waals surface area contributed by atoms with Crippen LogP contribution in [0.1, 0.15) is 33.6 Å². The summed E-state index contributed by atoms with van der Waals surface area (Å²) in [5, 5.41) is 9.84. The molecule has 0 saturated carbocycles. The van der Waals surface area contributed by atoms with Crippen molar-refractivity contribution >= 4 is 12.1 Å². The van der Waals surface area contributed by atoms with Gasteiger partial charge in [0, 0.05) is 6.54 Å². The van der Waals surface area contributed by atoms with Crippen LogP contribution in [0.25, 0.3) is 0 Å². The molecule has 0 radical (unpaired) electrons. The summed E-state index contributed by atoms with van der Waals surface area (Å²) in [6, 6.07) is -0.974. The number of ether oxygens (including phenoxy) is 2. The Morgan fingerprint density at radius 2 is 1.94 bits per heavy atom. The highest BCUT2D eigenvalue weighted by atomic mass is 16.6. The first-order valence-corrected chi connectivity index (χ1v) is 6.02. The Hall–Kier alpha value is -1.30. The highest BCUT2D eigenvalue weighted by Gasteiger charge is 2.41. The fourth-order valence-electron chi connectivity index (χ4n) is 1.91. The van der Waals surface area contributed by atoms with Crippen LogP contribution >= 0.6 is 0 Å². The Bertz CT molecular complexity index is 323. The lowest BCUT2D eigenvalue weighted by Gasteiger charge is -2.37. The summed E-state index contributed by atoms with van der Waals surface area (Å²) in [5.74, 6) is -0.618. The second-order valence-electron chi connectivity index (χ2n) is 5.35. The van der Waals surface area contributed by atoms with Gasteiger partial charge in [-0.1, -0.05) is 0 Å². The largest absolute Gasteiger partial charge is 0.467 e. The summed E-state index contributed by atoms with van der Waals surface area (Å²) < 4.78 is 9.84. The van der Waals surface area contributed by atoms with E-state index in [1.165, 1.54) is 12.0 Å². The Morgan fingerprint density at radius 1 is 1.33 bits per heavy atom. The average Bonchev–Trinajstić information content (AvgIpc) is 2.25. The Balaban J connectivity index is 2.82. The number of carbonyl (C=O) groups excluding carboxylic acids is 2. The number of aliphatic hydroxyl groups excluding tert-OH is 1. The lowest BCUT2D eigenvalue weighted by Crippen LogP contribution is -2.56. The zero-order valence-electron chi connectivity index (χ0n) is 11.3. The van der Waals surface area contributed by atoms with Crippen LogP contribution in [0.5, 0.6) is 0 Å². The van der Waals surface area contributed by atoms with Gasteiger partial charge < -0.3 is 14.6 Å². The van der Waals surface area contributed by atoms with Crippen LogP contribution in [0.15, 0.2) is 0 Å². The summed E-state index contributed by atoms with van der Waals surface area (Å²) in [6.45, 7) is 5.63. The van der Waals surface area contributed by atoms with Gasteiger partial charge in [0.25, 0.3) is 0 Å². The number of likely N-dealkylation sites (tertiary alicyclic amines) is 1. The Morgan fingerprint density at radius 3 is 2.44 bits per heavy atom. The van der Waals surface area contributed by atoms with E-state index >= 15 is 0 Å². The summed E-state index contributed by atoms with van der Waals surface area (Å²) in [4.78, 5) is 24.8. The van der Waals surface area contributed by atoms with Crippen LogP contribution in [-0.2, 0) is 14.3 Å². The van der Waals surface area contributed by atoms with Gasteiger partial charge in [-0.15, -0.1) is 0 Å². The van der Waals surface area contributed by atoms with E-state index in [9.17, 15) is 14.7 Å². The minimum absolute atomic E-state index is 0.381. The van der Waals surface area contributed by atoms with E-state index in [2.05, 4.69) is 4.74 Å². The van der Waals surface area contributed by atoms with Gasteiger partial charge in [0.05, 0.1) is 13.2 Å². The van der Waals surface area contributed by atoms with Gasteiger partial charge in [-0.05, 0) is 33.6 Å². The molecule has 0 aliphatic carbocycles. The first kappa shape index (κ1) is 14.8. The molecule has 1 fully saturated rings. The molecule has 0 aromatic carbocycles. The minimum Gasteiger partial charge on any atom is -0.467 e. The molecule has 0 spiro atoms. The van der Waals surface area contributed by atoms with Crippen molar-refractivity contribution in [2.24, 2.45) is 0 Å². The number of methoxy groups -OCH3 is 1. The standard InChI is InChI=1S/C12H21NO5/c1-12(2,3)18-11(16)13-7-5-6-8(14)9(13)10(15)17-4/h8-9,14H,5-7H2,1-4H3/t8-,9-/m1/s1. The molecular weight excluding hydrogens is 238 g/mol. The molecule has 0 unspecified atom stereocenters. The molecule has 1 heterocycles. The van der Waals surface area contributed by atoms with Crippen molar-refractivity contribution in [3.63, 3.8) is 0 Å². The van der Waals surface area contributed by atoms with E-state index < -0.39 is 29.8 Å². The van der Waals surface area contributed by atoms with Gasteiger partial charge >= 0.3 is 12.1 Å². The molecule has 6 heteroatoms. The number of esters is 1. The number of amides is 1. The number of hydrogen-bond acceptors (Lipinski definition) is 5. The third kappa shape index (κ3) is 3.60. The van der Waals surface area contributed by atoms with Crippen LogP contribution < -0.4 is 0 Å². The average molecular weight is 259 g/mol. The van der Waals surface area contributed by atoms with Crippen LogP contribution in [-0.4, -0.2) is 53.5 Å². The van der Waals surface area contributed by atoms with E-state index in [-0.39, 0.29) is 0 Å². The Labute approximate surface area is 107 Å². The lowest BCUT2D eigenvalue weighted by molar-refractivity contribution is -0.153. The van der Waals surface area contributed by atoms with Gasteiger partial charge in [-0.2, -0.15) is 0 Å². The SMILES string of the molecule is COC(=O)[C@H]1[C@H](O)CCCN1C(=O)OC(C)(C)C. The van der Waals surface area contributed by atoms with Gasteiger partial charge in [0.2, 0.25) is 0 Å². The van der Waals surface area contributed by atoms with Crippen molar-refractivity contribution in [2.45, 2.75) is 51.4 Å². The smallest absolute Gasteiger partial charge is 0.411 e. The topological polar surface area (TPSA) is 76.1 Å². The third-order valence-corrected chi connectivity index (χ3v) is 2.67. The molecule has 2 atom stereocenters. The van der Waals surface area contributed by atoms with Gasteiger partial charge in [-0.3, -0.25) is 4.90 Å². The minimum atomic E-state index is -0.974. The Kier molecular flexibility index (Phi) is 4.56. The number of rotatable bonds is 1. The monoisotopic (exact) mass is 259 g/mol. The van der Waals surface area contributed by atoms with Gasteiger partial charge in [0.15, 0.2) is 6.04 Å². The quantitative estimate of drug-likeness (QED) is 0.709. The maximum Gasteiger partial charge on any atom is 0.411 e. The van der Waals surface area contributed by atoms with Crippen LogP contribution in [0.4, 0.5) is 4.79 Å². The number of carbonyl (C=O) groups is 2. The predicted octanol–water partition coefficient (Wildman–Crippen LogP) is 0.920. The first-order chi connectivity index (χ1) is 8.26. The fourth-order valence-corrected chi connectivity index (χ4v) is 1.91. The van der Waals surface area contributed by atoms with Crippen LogP contribution in [0.2, 0.25) is 0 Å². The van der Waals surface area contributed by atoms with Gasteiger partial charge in [-0.25, -0.2) is 9.59 Å². The van der Waals surface area contributed by atoms with Crippen molar-refractivity contribution in [1.82, 2.24) is 4.90 Å². The zero-order valence-corrected chi connectivity index (χ0v) is 11.3. The second kappa shape index (κ2) is 5.56. The second-order valence-corrected chi connectivity index (χ2v) is 5.35. The van der Waals surface area contributed by atoms with Crippen molar-refractivity contribution in [3.8, 4) is 0 Å². The molecule has 18 heavy (non-hydrogen) atoms. The van der Waals surface area contributed by atoms with Crippen LogP contribution in [0, 0.1) is 0 Å². The number of piperidine rings is 1. The zero-order chi connectivity index (χ0) is 13.9. The maximum absolute atomic E-state index is 12.0. The van der Waals surface area contributed by atoms with Crippen molar-refractivity contribution < 1.29 is 24.2 Å². The summed E-state index contributed by atoms with van der Waals surface area (Å²) in [7, 11) is 1.23. The van der Waals surface area contributed by atoms with Crippen molar-refractivity contribution in [2.75, 3.05) is 13.7 Å². The fraction of sp³-hybridized carbons (Fsp3) is 0.833. The molecule has 0 aromatic heterocycles.